The highest BCUT2D eigenvalue weighted by Crippen LogP contribution is 2.23. The van der Waals surface area contributed by atoms with Gasteiger partial charge >= 0.3 is 0 Å². The van der Waals surface area contributed by atoms with E-state index >= 15 is 0 Å². The predicted octanol–water partition coefficient (Wildman–Crippen LogP) is 4.10. The summed E-state index contributed by atoms with van der Waals surface area (Å²) in [7, 11) is 1.77. The molecule has 1 saturated heterocycles. The van der Waals surface area contributed by atoms with Crippen molar-refractivity contribution in [2.75, 3.05) is 31.6 Å². The lowest BCUT2D eigenvalue weighted by molar-refractivity contribution is 0.0529. The van der Waals surface area contributed by atoms with Crippen LogP contribution in [-0.2, 0) is 11.3 Å². The number of rotatable bonds is 5. The fourth-order valence-corrected chi connectivity index (χ4v) is 3.64. The van der Waals surface area contributed by atoms with Crippen molar-refractivity contribution in [2.45, 2.75) is 32.5 Å². The third-order valence-corrected chi connectivity index (χ3v) is 5.28. The van der Waals surface area contributed by atoms with Crippen molar-refractivity contribution >= 4 is 46.7 Å². The van der Waals surface area contributed by atoms with Crippen molar-refractivity contribution in [1.29, 1.82) is 0 Å². The fraction of sp³-hybridized carbons (Fsp3) is 0.391. The Hall–Kier alpha value is -2.33. The maximum Gasteiger partial charge on any atom is 0.191 e. The molecule has 2 unspecified atom stereocenters. The summed E-state index contributed by atoms with van der Waals surface area (Å²) in [6.45, 7) is 7.28. The van der Waals surface area contributed by atoms with Gasteiger partial charge in [-0.3, -0.25) is 4.99 Å². The molecular weight excluding hydrogens is 505 g/mol. The molecule has 166 valence electrons. The van der Waals surface area contributed by atoms with Crippen LogP contribution in [0.25, 0.3) is 11.0 Å². The van der Waals surface area contributed by atoms with Crippen LogP contribution in [0, 0.1) is 0 Å². The van der Waals surface area contributed by atoms with Gasteiger partial charge in [0.05, 0.1) is 18.8 Å². The number of benzene rings is 1. The van der Waals surface area contributed by atoms with Gasteiger partial charge in [0.25, 0.3) is 0 Å². The number of furan rings is 1. The number of halogens is 1. The molecule has 3 aromatic rings. The van der Waals surface area contributed by atoms with E-state index in [0.717, 1.165) is 53.8 Å². The number of hydrogen-bond acceptors (Lipinski definition) is 5. The van der Waals surface area contributed by atoms with Crippen LogP contribution in [0.3, 0.4) is 0 Å². The molecule has 0 amide bonds. The molecule has 0 saturated carbocycles. The first-order chi connectivity index (χ1) is 14.6. The van der Waals surface area contributed by atoms with Crippen LogP contribution >= 0.6 is 24.0 Å². The largest absolute Gasteiger partial charge is 0.459 e. The molecule has 0 radical (unpaired) electrons. The Balaban J connectivity index is 0.00000272. The molecule has 7 nitrogen and oxygen atoms in total. The van der Waals surface area contributed by atoms with E-state index in [4.69, 9.17) is 9.15 Å². The second-order valence-electron chi connectivity index (χ2n) is 7.63. The van der Waals surface area contributed by atoms with Crippen LogP contribution in [0.1, 0.15) is 31.2 Å². The van der Waals surface area contributed by atoms with Crippen molar-refractivity contribution < 1.29 is 9.15 Å². The summed E-state index contributed by atoms with van der Waals surface area (Å²) in [5.41, 5.74) is 2.05. The minimum absolute atomic E-state index is 0. The van der Waals surface area contributed by atoms with E-state index in [2.05, 4.69) is 57.6 Å². The SMILES string of the molecule is CN=C(NCc1ccnc(N2CCOC(C)C2)c1)NC(C)c1cc2ccccc2o1.I. The first kappa shape index (κ1) is 23.3. The van der Waals surface area contributed by atoms with E-state index in [9.17, 15) is 0 Å². The second kappa shape index (κ2) is 10.8. The zero-order chi connectivity index (χ0) is 20.9. The number of aromatic nitrogens is 1. The Bertz CT molecular complexity index is 989. The van der Waals surface area contributed by atoms with E-state index in [1.807, 2.05) is 30.5 Å². The van der Waals surface area contributed by atoms with Crippen molar-refractivity contribution in [2.24, 2.45) is 4.99 Å². The molecule has 1 aromatic carbocycles. The van der Waals surface area contributed by atoms with E-state index in [0.29, 0.717) is 6.54 Å². The van der Waals surface area contributed by atoms with Crippen LogP contribution < -0.4 is 15.5 Å². The molecule has 1 aliphatic heterocycles. The molecule has 2 atom stereocenters. The minimum Gasteiger partial charge on any atom is -0.459 e. The average molecular weight is 535 g/mol. The quantitative estimate of drug-likeness (QED) is 0.291. The summed E-state index contributed by atoms with van der Waals surface area (Å²) in [5.74, 6) is 2.59. The standard InChI is InChI=1S/C23H29N5O2.HI/c1-16-15-28(10-11-29-16)22-12-18(8-9-25-22)14-26-23(24-3)27-17(2)21-13-19-6-4-5-7-20(19)30-21;/h4-9,12-13,16-17H,10-11,14-15H2,1-3H3,(H2,24,26,27);1H. The van der Waals surface area contributed by atoms with Gasteiger partial charge in [0.2, 0.25) is 0 Å². The van der Waals surface area contributed by atoms with E-state index in [1.54, 1.807) is 7.05 Å². The molecule has 1 fully saturated rings. The zero-order valence-electron chi connectivity index (χ0n) is 18.2. The summed E-state index contributed by atoms with van der Waals surface area (Å²) in [6.07, 6.45) is 2.09. The Morgan fingerprint density at radius 3 is 2.90 bits per heavy atom. The monoisotopic (exact) mass is 535 g/mol. The Morgan fingerprint density at radius 1 is 1.29 bits per heavy atom. The number of para-hydroxylation sites is 1. The number of nitrogens with zero attached hydrogens (tertiary/aromatic N) is 3. The average Bonchev–Trinajstić information content (AvgIpc) is 3.21. The van der Waals surface area contributed by atoms with Gasteiger partial charge in [0.1, 0.15) is 17.2 Å². The molecule has 4 rings (SSSR count). The van der Waals surface area contributed by atoms with Crippen molar-refractivity contribution in [3.05, 3.63) is 60.0 Å². The highest BCUT2D eigenvalue weighted by molar-refractivity contribution is 14.0. The number of morpholine rings is 1. The molecular formula is C23H30IN5O2. The number of hydrogen-bond donors (Lipinski definition) is 2. The summed E-state index contributed by atoms with van der Waals surface area (Å²) in [5, 5.41) is 7.89. The van der Waals surface area contributed by atoms with E-state index in [-0.39, 0.29) is 36.1 Å². The van der Waals surface area contributed by atoms with Gasteiger partial charge in [-0.1, -0.05) is 18.2 Å². The zero-order valence-corrected chi connectivity index (χ0v) is 20.5. The third-order valence-electron chi connectivity index (χ3n) is 5.28. The number of fused-ring (bicyclic) bond motifs is 1. The van der Waals surface area contributed by atoms with Crippen molar-refractivity contribution in [1.82, 2.24) is 15.6 Å². The third kappa shape index (κ3) is 5.88. The van der Waals surface area contributed by atoms with Crippen LogP contribution in [0.5, 0.6) is 0 Å². The molecule has 8 heteroatoms. The van der Waals surface area contributed by atoms with Gasteiger partial charge in [-0.25, -0.2) is 4.98 Å². The Kier molecular flexibility index (Phi) is 8.14. The number of anilines is 1. The lowest BCUT2D eigenvalue weighted by Gasteiger charge is -2.32. The number of guanidine groups is 1. The Morgan fingerprint density at radius 2 is 2.13 bits per heavy atom. The van der Waals surface area contributed by atoms with E-state index in [1.165, 1.54) is 0 Å². The Labute approximate surface area is 200 Å². The van der Waals surface area contributed by atoms with Gasteiger partial charge in [-0.2, -0.15) is 0 Å². The van der Waals surface area contributed by atoms with Gasteiger partial charge in [0.15, 0.2) is 5.96 Å². The van der Waals surface area contributed by atoms with Gasteiger partial charge in [0, 0.05) is 38.3 Å². The van der Waals surface area contributed by atoms with Gasteiger partial charge in [-0.15, -0.1) is 24.0 Å². The minimum atomic E-state index is -0.00793. The molecule has 2 aromatic heterocycles. The maximum absolute atomic E-state index is 5.96. The number of ether oxygens (including phenoxy) is 1. The summed E-state index contributed by atoms with van der Waals surface area (Å²) >= 11 is 0. The lowest BCUT2D eigenvalue weighted by Crippen LogP contribution is -2.41. The highest BCUT2D eigenvalue weighted by atomic mass is 127. The summed E-state index contributed by atoms with van der Waals surface area (Å²) < 4.78 is 11.6. The molecule has 31 heavy (non-hydrogen) atoms. The fourth-order valence-electron chi connectivity index (χ4n) is 3.64. The van der Waals surface area contributed by atoms with Gasteiger partial charge in [-0.05, 0) is 43.7 Å². The van der Waals surface area contributed by atoms with Crippen LogP contribution in [0.15, 0.2) is 58.1 Å². The van der Waals surface area contributed by atoms with Crippen LogP contribution in [-0.4, -0.2) is 43.8 Å². The number of nitrogens with one attached hydrogen (secondary N) is 2. The number of pyridine rings is 1. The predicted molar refractivity (Wildman–Crippen MR) is 135 cm³/mol. The molecule has 1 aliphatic rings. The van der Waals surface area contributed by atoms with Crippen molar-refractivity contribution in [3.63, 3.8) is 0 Å². The smallest absolute Gasteiger partial charge is 0.191 e. The van der Waals surface area contributed by atoms with Crippen molar-refractivity contribution in [3.8, 4) is 0 Å². The van der Waals surface area contributed by atoms with E-state index < -0.39 is 0 Å². The molecule has 0 spiro atoms. The van der Waals surface area contributed by atoms with Crippen LogP contribution in [0.2, 0.25) is 0 Å². The first-order valence-electron chi connectivity index (χ1n) is 10.4. The topological polar surface area (TPSA) is 74.9 Å². The summed E-state index contributed by atoms with van der Waals surface area (Å²) in [4.78, 5) is 11.2. The molecule has 0 bridgehead atoms. The normalized spacial score (nSPS) is 17.8. The lowest BCUT2D eigenvalue weighted by atomic mass is 10.2. The highest BCUT2D eigenvalue weighted by Gasteiger charge is 2.18. The molecule has 0 aliphatic carbocycles. The maximum atomic E-state index is 5.96. The molecule has 2 N–H and O–H groups in total. The van der Waals surface area contributed by atoms with Crippen LogP contribution in [0.4, 0.5) is 5.82 Å². The second-order valence-corrected chi connectivity index (χ2v) is 7.63. The number of aliphatic imine (C=N–C) groups is 1. The summed E-state index contributed by atoms with van der Waals surface area (Å²) in [6, 6.07) is 14.2. The van der Waals surface area contributed by atoms with Gasteiger partial charge < -0.3 is 24.7 Å². The molecule has 3 heterocycles. The first-order valence-corrected chi connectivity index (χ1v) is 10.4.